The molecule has 0 aliphatic heterocycles. The van der Waals surface area contributed by atoms with Gasteiger partial charge in [-0.1, -0.05) is 6.07 Å². The second-order valence-electron chi connectivity index (χ2n) is 4.95. The molecule has 1 unspecified atom stereocenters. The third-order valence-electron chi connectivity index (χ3n) is 3.58. The van der Waals surface area contributed by atoms with Gasteiger partial charge in [-0.2, -0.15) is 5.10 Å². The maximum atomic E-state index is 9.60. The van der Waals surface area contributed by atoms with Crippen LogP contribution in [0.4, 0.5) is 0 Å². The summed E-state index contributed by atoms with van der Waals surface area (Å²) < 4.78 is 2.83. The summed E-state index contributed by atoms with van der Waals surface area (Å²) in [6.07, 6.45) is 4.09. The first kappa shape index (κ1) is 12.7. The lowest BCUT2D eigenvalue weighted by molar-refractivity contribution is 0.471. The number of benzene rings is 1. The van der Waals surface area contributed by atoms with E-state index in [0.29, 0.717) is 11.8 Å². The standard InChI is InChI=1S/C14H16BrN3O/c1-18-8-12(15)14(17-18)7-16-13-5-3-9-2-4-10(19)6-11(9)13/h2,4,6,8,13,16,19H,3,5,7H2,1H3. The minimum atomic E-state index is 0.302. The predicted octanol–water partition coefficient (Wildman–Crippen LogP) is 2.67. The summed E-state index contributed by atoms with van der Waals surface area (Å²) in [4.78, 5) is 0. The molecule has 0 radical (unpaired) electrons. The highest BCUT2D eigenvalue weighted by Crippen LogP contribution is 2.33. The molecule has 19 heavy (non-hydrogen) atoms. The van der Waals surface area contributed by atoms with Crippen molar-refractivity contribution in [3.05, 3.63) is 45.7 Å². The Morgan fingerprint density at radius 2 is 2.37 bits per heavy atom. The van der Waals surface area contributed by atoms with E-state index < -0.39 is 0 Å². The van der Waals surface area contributed by atoms with Gasteiger partial charge in [0.2, 0.25) is 0 Å². The van der Waals surface area contributed by atoms with Gasteiger partial charge in [0.15, 0.2) is 0 Å². The number of halogens is 1. The van der Waals surface area contributed by atoms with Crippen LogP contribution in [0, 0.1) is 0 Å². The van der Waals surface area contributed by atoms with Crippen LogP contribution in [0.25, 0.3) is 0 Å². The SMILES string of the molecule is Cn1cc(Br)c(CNC2CCc3ccc(O)cc32)n1. The fourth-order valence-electron chi connectivity index (χ4n) is 2.65. The molecule has 3 rings (SSSR count). The summed E-state index contributed by atoms with van der Waals surface area (Å²) >= 11 is 3.51. The first-order valence-electron chi connectivity index (χ1n) is 6.36. The Morgan fingerprint density at radius 1 is 1.53 bits per heavy atom. The van der Waals surface area contributed by atoms with E-state index in [0.717, 1.165) is 29.6 Å². The largest absolute Gasteiger partial charge is 0.508 e. The monoisotopic (exact) mass is 321 g/mol. The maximum Gasteiger partial charge on any atom is 0.115 e. The summed E-state index contributed by atoms with van der Waals surface area (Å²) in [6, 6.07) is 5.95. The highest BCUT2D eigenvalue weighted by molar-refractivity contribution is 9.10. The van der Waals surface area contributed by atoms with Gasteiger partial charge in [-0.25, -0.2) is 0 Å². The molecule has 0 spiro atoms. The number of aryl methyl sites for hydroxylation is 2. The quantitative estimate of drug-likeness (QED) is 0.913. The van der Waals surface area contributed by atoms with Gasteiger partial charge in [0.1, 0.15) is 5.75 Å². The maximum absolute atomic E-state index is 9.60. The first-order chi connectivity index (χ1) is 9.13. The molecule has 1 aromatic heterocycles. The van der Waals surface area contributed by atoms with Gasteiger partial charge in [0, 0.05) is 25.8 Å². The molecule has 2 N–H and O–H groups in total. The zero-order valence-electron chi connectivity index (χ0n) is 10.7. The summed E-state index contributed by atoms with van der Waals surface area (Å²) in [6.45, 7) is 0.723. The summed E-state index contributed by atoms with van der Waals surface area (Å²) in [5, 5.41) is 17.5. The van der Waals surface area contributed by atoms with Crippen LogP contribution in [0.1, 0.15) is 29.3 Å². The molecule has 100 valence electrons. The van der Waals surface area contributed by atoms with Crippen molar-refractivity contribution in [2.24, 2.45) is 7.05 Å². The van der Waals surface area contributed by atoms with Gasteiger partial charge < -0.3 is 10.4 Å². The Labute approximate surface area is 120 Å². The molecule has 2 aromatic rings. The highest BCUT2D eigenvalue weighted by Gasteiger charge is 2.22. The van der Waals surface area contributed by atoms with Crippen LogP contribution in [0.2, 0.25) is 0 Å². The lowest BCUT2D eigenvalue weighted by atomic mass is 10.1. The van der Waals surface area contributed by atoms with E-state index in [1.54, 1.807) is 10.7 Å². The van der Waals surface area contributed by atoms with Gasteiger partial charge >= 0.3 is 0 Å². The lowest BCUT2D eigenvalue weighted by Crippen LogP contribution is -2.19. The number of nitrogens with one attached hydrogen (secondary N) is 1. The van der Waals surface area contributed by atoms with E-state index in [-0.39, 0.29) is 0 Å². The lowest BCUT2D eigenvalue weighted by Gasteiger charge is -2.13. The number of hydrogen-bond donors (Lipinski definition) is 2. The van der Waals surface area contributed by atoms with Crippen LogP contribution in [0.15, 0.2) is 28.9 Å². The number of hydrogen-bond acceptors (Lipinski definition) is 3. The van der Waals surface area contributed by atoms with Crippen molar-refractivity contribution < 1.29 is 5.11 Å². The van der Waals surface area contributed by atoms with Crippen molar-refractivity contribution in [2.45, 2.75) is 25.4 Å². The van der Waals surface area contributed by atoms with Gasteiger partial charge in [0.25, 0.3) is 0 Å². The van der Waals surface area contributed by atoms with Gasteiger partial charge in [0.05, 0.1) is 10.2 Å². The Balaban J connectivity index is 1.73. The smallest absolute Gasteiger partial charge is 0.115 e. The van der Waals surface area contributed by atoms with E-state index in [1.165, 1.54) is 11.1 Å². The van der Waals surface area contributed by atoms with Gasteiger partial charge in [-0.15, -0.1) is 0 Å². The van der Waals surface area contributed by atoms with Crippen LogP contribution < -0.4 is 5.32 Å². The number of phenols is 1. The van der Waals surface area contributed by atoms with E-state index >= 15 is 0 Å². The highest BCUT2D eigenvalue weighted by atomic mass is 79.9. The number of aromatic nitrogens is 2. The molecular weight excluding hydrogens is 306 g/mol. The fraction of sp³-hybridized carbons (Fsp3) is 0.357. The molecule has 5 heteroatoms. The predicted molar refractivity (Wildman–Crippen MR) is 76.9 cm³/mol. The average molecular weight is 322 g/mol. The van der Waals surface area contributed by atoms with E-state index in [9.17, 15) is 5.11 Å². The molecule has 0 fully saturated rings. The molecule has 1 aromatic carbocycles. The number of nitrogens with zero attached hydrogens (tertiary/aromatic N) is 2. The number of fused-ring (bicyclic) bond motifs is 1. The van der Waals surface area contributed by atoms with Crippen molar-refractivity contribution in [3.8, 4) is 5.75 Å². The second kappa shape index (κ2) is 4.98. The second-order valence-corrected chi connectivity index (χ2v) is 5.81. The molecule has 4 nitrogen and oxygen atoms in total. The zero-order valence-corrected chi connectivity index (χ0v) is 12.3. The summed E-state index contributed by atoms with van der Waals surface area (Å²) in [5.41, 5.74) is 3.55. The third kappa shape index (κ3) is 2.53. The van der Waals surface area contributed by atoms with Crippen molar-refractivity contribution in [1.82, 2.24) is 15.1 Å². The van der Waals surface area contributed by atoms with Gasteiger partial charge in [-0.05, 0) is 52.0 Å². The van der Waals surface area contributed by atoms with Crippen LogP contribution in [-0.2, 0) is 20.0 Å². The van der Waals surface area contributed by atoms with Crippen LogP contribution in [0.3, 0.4) is 0 Å². The molecule has 0 saturated carbocycles. The molecule has 1 atom stereocenters. The molecule has 0 amide bonds. The Kier molecular flexibility index (Phi) is 3.33. The Bertz CT molecular complexity index is 609. The van der Waals surface area contributed by atoms with Crippen LogP contribution in [0.5, 0.6) is 5.75 Å². The average Bonchev–Trinajstić information content (AvgIpc) is 2.90. The topological polar surface area (TPSA) is 50.1 Å². The van der Waals surface area contributed by atoms with Crippen LogP contribution in [-0.4, -0.2) is 14.9 Å². The van der Waals surface area contributed by atoms with Crippen LogP contribution >= 0.6 is 15.9 Å². The number of aromatic hydroxyl groups is 1. The summed E-state index contributed by atoms with van der Waals surface area (Å²) in [5.74, 6) is 0.339. The number of phenolic OH excluding ortho intramolecular Hbond substituents is 1. The number of rotatable bonds is 3. The van der Waals surface area contributed by atoms with E-state index in [1.807, 2.05) is 25.4 Å². The fourth-order valence-corrected chi connectivity index (χ4v) is 3.16. The molecule has 1 heterocycles. The Hall–Kier alpha value is -1.33. The minimum Gasteiger partial charge on any atom is -0.508 e. The Morgan fingerprint density at radius 3 is 3.11 bits per heavy atom. The zero-order chi connectivity index (χ0) is 13.4. The molecule has 0 bridgehead atoms. The third-order valence-corrected chi connectivity index (χ3v) is 4.24. The minimum absolute atomic E-state index is 0.302. The van der Waals surface area contributed by atoms with Crippen molar-refractivity contribution in [2.75, 3.05) is 0 Å². The van der Waals surface area contributed by atoms with E-state index in [2.05, 4.69) is 26.3 Å². The van der Waals surface area contributed by atoms with Crippen molar-refractivity contribution in [1.29, 1.82) is 0 Å². The first-order valence-corrected chi connectivity index (χ1v) is 7.16. The molecule has 1 aliphatic carbocycles. The molecule has 1 aliphatic rings. The normalized spacial score (nSPS) is 17.7. The van der Waals surface area contributed by atoms with E-state index in [4.69, 9.17) is 0 Å². The summed E-state index contributed by atoms with van der Waals surface area (Å²) in [7, 11) is 1.91. The van der Waals surface area contributed by atoms with Crippen molar-refractivity contribution in [3.63, 3.8) is 0 Å². The van der Waals surface area contributed by atoms with Gasteiger partial charge in [-0.3, -0.25) is 4.68 Å². The molecular formula is C14H16BrN3O. The van der Waals surface area contributed by atoms with Crippen molar-refractivity contribution >= 4 is 15.9 Å². The molecule has 0 saturated heterocycles.